The van der Waals surface area contributed by atoms with Gasteiger partial charge in [-0.15, -0.1) is 0 Å². The molecule has 2 atom stereocenters. The number of carbonyl (C=O) groups excluding carboxylic acids is 1. The molecule has 2 amide bonds. The summed E-state index contributed by atoms with van der Waals surface area (Å²) in [5.41, 5.74) is 5.24. The van der Waals surface area contributed by atoms with Gasteiger partial charge in [0.05, 0.1) is 5.92 Å². The predicted molar refractivity (Wildman–Crippen MR) is 58.9 cm³/mol. The molecule has 6 heteroatoms. The maximum Gasteiger partial charge on any atom is 0.314 e. The van der Waals surface area contributed by atoms with Gasteiger partial charge < -0.3 is 21.5 Å². The highest BCUT2D eigenvalue weighted by molar-refractivity contribution is 5.74. The first kappa shape index (κ1) is 12.8. The third kappa shape index (κ3) is 3.69. The van der Waals surface area contributed by atoms with E-state index >= 15 is 0 Å². The Labute approximate surface area is 94.6 Å². The molecule has 2 unspecified atom stereocenters. The van der Waals surface area contributed by atoms with Crippen LogP contribution in [0.3, 0.4) is 0 Å². The molecule has 0 aliphatic heterocycles. The second-order valence-corrected chi connectivity index (χ2v) is 4.06. The molecule has 5 N–H and O–H groups in total. The van der Waals surface area contributed by atoms with Gasteiger partial charge in [-0.25, -0.2) is 4.79 Å². The maximum atomic E-state index is 11.2. The predicted octanol–water partition coefficient (Wildman–Crippen LogP) is -0.255. The Balaban J connectivity index is 2.26. The first-order valence-electron chi connectivity index (χ1n) is 5.59. The summed E-state index contributed by atoms with van der Waals surface area (Å²) in [4.78, 5) is 22.1. The van der Waals surface area contributed by atoms with Crippen molar-refractivity contribution in [2.24, 2.45) is 17.6 Å². The number of hydrogen-bond acceptors (Lipinski definition) is 3. The molecule has 16 heavy (non-hydrogen) atoms. The number of carbonyl (C=O) groups is 2. The fourth-order valence-corrected chi connectivity index (χ4v) is 2.08. The minimum atomic E-state index is -0.758. The molecule has 6 nitrogen and oxygen atoms in total. The summed E-state index contributed by atoms with van der Waals surface area (Å²) in [6.45, 7) is 1.25. The van der Waals surface area contributed by atoms with Crippen molar-refractivity contribution in [2.45, 2.75) is 19.3 Å². The highest BCUT2D eigenvalue weighted by atomic mass is 16.4. The highest BCUT2D eigenvalue weighted by Gasteiger charge is 2.32. The SMILES string of the molecule is NCCNC(=O)NCC1CCCC1C(=O)O. The fourth-order valence-electron chi connectivity index (χ4n) is 2.08. The molecule has 0 aromatic rings. The summed E-state index contributed by atoms with van der Waals surface area (Å²) in [6, 6.07) is -0.276. The zero-order chi connectivity index (χ0) is 12.0. The van der Waals surface area contributed by atoms with E-state index in [1.54, 1.807) is 0 Å². The van der Waals surface area contributed by atoms with Crippen molar-refractivity contribution in [3.8, 4) is 0 Å². The van der Waals surface area contributed by atoms with Crippen molar-refractivity contribution in [3.05, 3.63) is 0 Å². The molecule has 0 spiro atoms. The zero-order valence-corrected chi connectivity index (χ0v) is 9.24. The average molecular weight is 229 g/mol. The summed E-state index contributed by atoms with van der Waals surface area (Å²) in [5.74, 6) is -1.01. The van der Waals surface area contributed by atoms with E-state index in [0.29, 0.717) is 26.1 Å². The number of amides is 2. The van der Waals surface area contributed by atoms with Crippen LogP contribution in [0, 0.1) is 11.8 Å². The number of aliphatic carboxylic acids is 1. The van der Waals surface area contributed by atoms with Crippen LogP contribution >= 0.6 is 0 Å². The Morgan fingerprint density at radius 1 is 1.31 bits per heavy atom. The van der Waals surface area contributed by atoms with Crippen molar-refractivity contribution in [1.82, 2.24) is 10.6 Å². The van der Waals surface area contributed by atoms with E-state index in [4.69, 9.17) is 10.8 Å². The van der Waals surface area contributed by atoms with Crippen molar-refractivity contribution in [3.63, 3.8) is 0 Å². The summed E-state index contributed by atoms with van der Waals surface area (Å²) in [7, 11) is 0. The summed E-state index contributed by atoms with van der Waals surface area (Å²) in [6.07, 6.45) is 2.51. The number of rotatable bonds is 5. The summed E-state index contributed by atoms with van der Waals surface area (Å²) >= 11 is 0. The van der Waals surface area contributed by atoms with Crippen molar-refractivity contribution >= 4 is 12.0 Å². The van der Waals surface area contributed by atoms with Gasteiger partial charge in [-0.2, -0.15) is 0 Å². The smallest absolute Gasteiger partial charge is 0.314 e. The average Bonchev–Trinajstić information content (AvgIpc) is 2.71. The van der Waals surface area contributed by atoms with E-state index < -0.39 is 5.97 Å². The second-order valence-electron chi connectivity index (χ2n) is 4.06. The van der Waals surface area contributed by atoms with Crippen molar-refractivity contribution in [2.75, 3.05) is 19.6 Å². The fraction of sp³-hybridized carbons (Fsp3) is 0.800. The van der Waals surface area contributed by atoms with Gasteiger partial charge in [0.1, 0.15) is 0 Å². The van der Waals surface area contributed by atoms with Crippen LogP contribution in [-0.4, -0.2) is 36.7 Å². The van der Waals surface area contributed by atoms with Gasteiger partial charge in [0.25, 0.3) is 0 Å². The Hall–Kier alpha value is -1.30. The number of nitrogens with one attached hydrogen (secondary N) is 2. The van der Waals surface area contributed by atoms with E-state index in [2.05, 4.69) is 10.6 Å². The van der Waals surface area contributed by atoms with Crippen LogP contribution in [0.1, 0.15) is 19.3 Å². The lowest BCUT2D eigenvalue weighted by Gasteiger charge is -2.16. The van der Waals surface area contributed by atoms with Crippen molar-refractivity contribution < 1.29 is 14.7 Å². The van der Waals surface area contributed by atoms with Gasteiger partial charge in [0.15, 0.2) is 0 Å². The molecule has 92 valence electrons. The molecular weight excluding hydrogens is 210 g/mol. The summed E-state index contributed by atoms with van der Waals surface area (Å²) < 4.78 is 0. The molecule has 1 aliphatic rings. The molecule has 1 fully saturated rings. The highest BCUT2D eigenvalue weighted by Crippen LogP contribution is 2.31. The standard InChI is InChI=1S/C10H19N3O3/c11-4-5-12-10(16)13-6-7-2-1-3-8(7)9(14)15/h7-8H,1-6,11H2,(H,14,15)(H2,12,13,16). The number of carboxylic acid groups (broad SMARTS) is 1. The molecule has 0 saturated heterocycles. The van der Waals surface area contributed by atoms with Gasteiger partial charge in [-0.1, -0.05) is 6.42 Å². The first-order valence-corrected chi connectivity index (χ1v) is 5.59. The van der Waals surface area contributed by atoms with Gasteiger partial charge in [0.2, 0.25) is 0 Å². The Morgan fingerprint density at radius 2 is 2.06 bits per heavy atom. The lowest BCUT2D eigenvalue weighted by molar-refractivity contribution is -0.142. The molecule has 0 heterocycles. The van der Waals surface area contributed by atoms with E-state index in [0.717, 1.165) is 12.8 Å². The third-order valence-corrected chi connectivity index (χ3v) is 2.93. The Morgan fingerprint density at radius 3 is 2.69 bits per heavy atom. The van der Waals surface area contributed by atoms with E-state index in [-0.39, 0.29) is 17.9 Å². The number of hydrogen-bond donors (Lipinski definition) is 4. The summed E-state index contributed by atoms with van der Waals surface area (Å²) in [5, 5.41) is 14.2. The zero-order valence-electron chi connectivity index (χ0n) is 9.24. The topological polar surface area (TPSA) is 104 Å². The number of nitrogens with two attached hydrogens (primary N) is 1. The van der Waals surface area contributed by atoms with Gasteiger partial charge in [-0.3, -0.25) is 4.79 Å². The lowest BCUT2D eigenvalue weighted by atomic mass is 9.96. The van der Waals surface area contributed by atoms with Crippen LogP contribution in [0.2, 0.25) is 0 Å². The Kier molecular flexibility index (Phi) is 5.04. The van der Waals surface area contributed by atoms with Gasteiger partial charge in [-0.05, 0) is 18.8 Å². The molecule has 0 aromatic carbocycles. The van der Waals surface area contributed by atoms with Crippen LogP contribution in [-0.2, 0) is 4.79 Å². The second kappa shape index (κ2) is 6.32. The molecule has 0 aromatic heterocycles. The lowest BCUT2D eigenvalue weighted by Crippen LogP contribution is -2.41. The minimum absolute atomic E-state index is 0.0566. The Bertz CT molecular complexity index is 258. The van der Waals surface area contributed by atoms with Crippen LogP contribution in [0.4, 0.5) is 4.79 Å². The molecule has 1 aliphatic carbocycles. The third-order valence-electron chi connectivity index (χ3n) is 2.93. The molecule has 1 rings (SSSR count). The first-order chi connectivity index (χ1) is 7.65. The van der Waals surface area contributed by atoms with Crippen LogP contribution in [0.5, 0.6) is 0 Å². The maximum absolute atomic E-state index is 11.2. The molecule has 0 bridgehead atoms. The van der Waals surface area contributed by atoms with E-state index in [1.165, 1.54) is 0 Å². The van der Waals surface area contributed by atoms with Crippen LogP contribution < -0.4 is 16.4 Å². The van der Waals surface area contributed by atoms with Crippen LogP contribution in [0.15, 0.2) is 0 Å². The monoisotopic (exact) mass is 229 g/mol. The van der Waals surface area contributed by atoms with Crippen LogP contribution in [0.25, 0.3) is 0 Å². The molecule has 0 radical (unpaired) electrons. The van der Waals surface area contributed by atoms with E-state index in [9.17, 15) is 9.59 Å². The number of carboxylic acids is 1. The van der Waals surface area contributed by atoms with Crippen molar-refractivity contribution in [1.29, 1.82) is 0 Å². The molecular formula is C10H19N3O3. The number of urea groups is 1. The minimum Gasteiger partial charge on any atom is -0.481 e. The van der Waals surface area contributed by atoms with E-state index in [1.807, 2.05) is 0 Å². The van der Waals surface area contributed by atoms with Gasteiger partial charge >= 0.3 is 12.0 Å². The quantitative estimate of drug-likeness (QED) is 0.521. The normalized spacial score (nSPS) is 24.1. The molecule has 1 saturated carbocycles. The largest absolute Gasteiger partial charge is 0.481 e. The van der Waals surface area contributed by atoms with Gasteiger partial charge in [0, 0.05) is 19.6 Å².